The first kappa shape index (κ1) is 26.0. The van der Waals surface area contributed by atoms with Crippen molar-refractivity contribution in [3.05, 3.63) is 88.2 Å². The van der Waals surface area contributed by atoms with E-state index in [1.807, 2.05) is 0 Å². The van der Waals surface area contributed by atoms with Crippen LogP contribution in [0, 0.1) is 17.1 Å². The summed E-state index contributed by atoms with van der Waals surface area (Å²) >= 11 is 5.92. The van der Waals surface area contributed by atoms with Gasteiger partial charge in [-0.05, 0) is 80.1 Å². The van der Waals surface area contributed by atoms with Crippen molar-refractivity contribution in [3.63, 3.8) is 0 Å². The zero-order chi connectivity index (χ0) is 27.1. The van der Waals surface area contributed by atoms with E-state index >= 15 is 0 Å². The second-order valence-corrected chi connectivity index (χ2v) is 9.28. The number of hydrogen-bond acceptors (Lipinski definition) is 4. The van der Waals surface area contributed by atoms with Crippen LogP contribution in [0.25, 0.3) is 0 Å². The van der Waals surface area contributed by atoms with Crippen molar-refractivity contribution in [2.24, 2.45) is 0 Å². The molecule has 3 aromatic rings. The minimum absolute atomic E-state index is 0.218. The van der Waals surface area contributed by atoms with E-state index in [9.17, 15) is 27.2 Å². The van der Waals surface area contributed by atoms with Crippen LogP contribution in [0.5, 0.6) is 0 Å². The number of rotatable bonds is 5. The van der Waals surface area contributed by atoms with Gasteiger partial charge in [0.1, 0.15) is 11.4 Å². The molecule has 3 aromatic carbocycles. The van der Waals surface area contributed by atoms with Crippen LogP contribution < -0.4 is 10.2 Å². The van der Waals surface area contributed by atoms with Crippen molar-refractivity contribution >= 4 is 40.6 Å². The number of benzene rings is 3. The van der Waals surface area contributed by atoms with Crippen LogP contribution in [0.2, 0.25) is 5.02 Å². The highest BCUT2D eigenvalue weighted by Gasteiger charge is 2.52. The number of carbonyl (C=O) groups excluding carboxylic acids is 2. The first-order valence-corrected chi connectivity index (χ1v) is 11.3. The van der Waals surface area contributed by atoms with Crippen molar-refractivity contribution in [1.29, 1.82) is 5.26 Å². The molecular weight excluding hydrogens is 512 g/mol. The van der Waals surface area contributed by atoms with Gasteiger partial charge >= 0.3 is 12.2 Å². The number of imide groups is 1. The predicted octanol–water partition coefficient (Wildman–Crippen LogP) is 6.86. The zero-order valence-electron chi connectivity index (χ0n) is 19.5. The summed E-state index contributed by atoms with van der Waals surface area (Å²) in [5, 5.41) is 12.7. The van der Waals surface area contributed by atoms with Gasteiger partial charge in [0.2, 0.25) is 0 Å². The average Bonchev–Trinajstić information content (AvgIpc) is 3.00. The Balaban J connectivity index is 1.70. The van der Waals surface area contributed by atoms with E-state index < -0.39 is 40.6 Å². The molecule has 0 aromatic heterocycles. The second kappa shape index (κ2) is 9.41. The van der Waals surface area contributed by atoms with E-state index in [0.29, 0.717) is 32.9 Å². The summed E-state index contributed by atoms with van der Waals surface area (Å²) < 4.78 is 54.7. The van der Waals surface area contributed by atoms with Gasteiger partial charge in [-0.25, -0.2) is 14.1 Å². The van der Waals surface area contributed by atoms with Crippen molar-refractivity contribution in [2.75, 3.05) is 10.2 Å². The molecule has 0 saturated carbocycles. The normalized spacial score (nSPS) is 15.2. The fraction of sp³-hybridized carbons (Fsp3) is 0.192. The molecule has 1 N–H and O–H groups in total. The summed E-state index contributed by atoms with van der Waals surface area (Å²) in [5.41, 5.74) is -2.26. The highest BCUT2D eigenvalue weighted by atomic mass is 35.5. The van der Waals surface area contributed by atoms with Gasteiger partial charge in [-0.3, -0.25) is 4.79 Å². The van der Waals surface area contributed by atoms with Crippen LogP contribution >= 0.6 is 11.6 Å². The molecule has 1 saturated heterocycles. The molecule has 190 valence electrons. The minimum Gasteiger partial charge on any atom is -0.355 e. The molecule has 4 rings (SSSR count). The topological polar surface area (TPSA) is 76.4 Å². The maximum absolute atomic E-state index is 14.2. The van der Waals surface area contributed by atoms with Crippen molar-refractivity contribution < 1.29 is 27.2 Å². The zero-order valence-corrected chi connectivity index (χ0v) is 20.3. The molecule has 37 heavy (non-hydrogen) atoms. The third-order valence-corrected chi connectivity index (χ3v) is 6.28. The number of anilines is 3. The highest BCUT2D eigenvalue weighted by molar-refractivity contribution is 6.30. The largest absolute Gasteiger partial charge is 0.417 e. The van der Waals surface area contributed by atoms with Crippen molar-refractivity contribution in [3.8, 4) is 6.07 Å². The Bertz CT molecular complexity index is 1430. The number of nitriles is 1. The Morgan fingerprint density at radius 1 is 1.03 bits per heavy atom. The van der Waals surface area contributed by atoms with Crippen LogP contribution in [0.1, 0.15) is 30.5 Å². The first-order valence-electron chi connectivity index (χ1n) is 10.9. The van der Waals surface area contributed by atoms with Crippen LogP contribution in [-0.4, -0.2) is 22.4 Å². The van der Waals surface area contributed by atoms with E-state index in [-0.39, 0.29) is 12.2 Å². The summed E-state index contributed by atoms with van der Waals surface area (Å²) in [6, 6.07) is 13.8. The molecule has 0 aliphatic carbocycles. The Labute approximate surface area is 214 Å². The maximum Gasteiger partial charge on any atom is 0.417 e. The lowest BCUT2D eigenvalue weighted by Gasteiger charge is -2.28. The summed E-state index contributed by atoms with van der Waals surface area (Å²) in [6.45, 7) is 2.68. The summed E-state index contributed by atoms with van der Waals surface area (Å²) in [4.78, 5) is 28.4. The number of nitrogens with one attached hydrogen (secondary N) is 1. The smallest absolute Gasteiger partial charge is 0.355 e. The number of alkyl halides is 3. The van der Waals surface area contributed by atoms with E-state index in [2.05, 4.69) is 5.32 Å². The number of nitrogens with zero attached hydrogens (tertiary/aromatic N) is 3. The van der Waals surface area contributed by atoms with Crippen LogP contribution in [0.4, 0.5) is 39.4 Å². The standard InChI is InChI=1S/C26H19ClF4N4O2/c1-25(2)23(36)35(20-9-3-15(13-32)21(12-20)26(29,30)31)24(37)34(25)14-16-11-18(28)6-10-22(16)33-19-7-4-17(27)5-8-19/h3-12,33H,14H2,1-2H3. The van der Waals surface area contributed by atoms with Gasteiger partial charge in [-0.2, -0.15) is 18.4 Å². The molecule has 0 unspecified atom stereocenters. The van der Waals surface area contributed by atoms with Gasteiger partial charge in [0.15, 0.2) is 0 Å². The number of amides is 3. The lowest BCUT2D eigenvalue weighted by atomic mass is 10.0. The van der Waals surface area contributed by atoms with Crippen LogP contribution in [0.3, 0.4) is 0 Å². The van der Waals surface area contributed by atoms with Gasteiger partial charge in [0.25, 0.3) is 5.91 Å². The van der Waals surface area contributed by atoms with Crippen molar-refractivity contribution in [1.82, 2.24) is 4.90 Å². The first-order chi connectivity index (χ1) is 17.3. The van der Waals surface area contributed by atoms with Gasteiger partial charge < -0.3 is 10.2 Å². The van der Waals surface area contributed by atoms with E-state index in [0.717, 1.165) is 17.0 Å². The van der Waals surface area contributed by atoms with E-state index in [4.69, 9.17) is 16.9 Å². The molecule has 0 spiro atoms. The Hall–Kier alpha value is -4.10. The van der Waals surface area contributed by atoms with Gasteiger partial charge in [0.05, 0.1) is 29.4 Å². The number of urea groups is 1. The Kier molecular flexibility index (Phi) is 6.60. The molecule has 3 amide bonds. The lowest BCUT2D eigenvalue weighted by molar-refractivity contribution is -0.137. The fourth-order valence-corrected chi connectivity index (χ4v) is 4.13. The predicted molar refractivity (Wildman–Crippen MR) is 130 cm³/mol. The Morgan fingerprint density at radius 3 is 2.32 bits per heavy atom. The number of carbonyl (C=O) groups is 2. The molecule has 1 aliphatic rings. The molecule has 11 heteroatoms. The second-order valence-electron chi connectivity index (χ2n) is 8.84. The quantitative estimate of drug-likeness (QED) is 0.289. The van der Waals surface area contributed by atoms with Crippen LogP contribution in [0.15, 0.2) is 60.7 Å². The maximum atomic E-state index is 14.2. The van der Waals surface area contributed by atoms with Gasteiger partial charge in [0, 0.05) is 16.4 Å². The molecule has 0 radical (unpaired) electrons. The molecule has 0 atom stereocenters. The molecule has 0 bridgehead atoms. The summed E-state index contributed by atoms with van der Waals surface area (Å²) in [5.74, 6) is -1.34. The third kappa shape index (κ3) is 4.95. The molecular formula is C26H19ClF4N4O2. The molecule has 1 aliphatic heterocycles. The van der Waals surface area contributed by atoms with Crippen molar-refractivity contribution in [2.45, 2.75) is 32.1 Å². The monoisotopic (exact) mass is 530 g/mol. The SMILES string of the molecule is CC1(C)C(=O)N(c2ccc(C#N)c(C(F)(F)F)c2)C(=O)N1Cc1cc(F)ccc1Nc1ccc(Cl)cc1. The highest BCUT2D eigenvalue weighted by Crippen LogP contribution is 2.39. The Morgan fingerprint density at radius 2 is 1.70 bits per heavy atom. The summed E-state index contributed by atoms with van der Waals surface area (Å²) in [6.07, 6.45) is -4.87. The van der Waals surface area contributed by atoms with Gasteiger partial charge in [-0.15, -0.1) is 0 Å². The lowest BCUT2D eigenvalue weighted by Crippen LogP contribution is -2.43. The van der Waals surface area contributed by atoms with Crippen LogP contribution in [-0.2, 0) is 17.5 Å². The number of halogens is 5. The minimum atomic E-state index is -4.87. The molecule has 1 heterocycles. The third-order valence-electron chi connectivity index (χ3n) is 6.03. The average molecular weight is 531 g/mol. The fourth-order valence-electron chi connectivity index (χ4n) is 4.01. The summed E-state index contributed by atoms with van der Waals surface area (Å²) in [7, 11) is 0. The molecule has 6 nitrogen and oxygen atoms in total. The van der Waals surface area contributed by atoms with E-state index in [1.165, 1.54) is 38.1 Å². The molecule has 1 fully saturated rings. The number of hydrogen-bond donors (Lipinski definition) is 1. The van der Waals surface area contributed by atoms with E-state index in [1.54, 1.807) is 24.3 Å². The van der Waals surface area contributed by atoms with Gasteiger partial charge in [-0.1, -0.05) is 11.6 Å².